The van der Waals surface area contributed by atoms with E-state index in [2.05, 4.69) is 15.3 Å². The van der Waals surface area contributed by atoms with Crippen LogP contribution in [0.15, 0.2) is 24.5 Å². The molecule has 2 aromatic heterocycles. The monoisotopic (exact) mass is 417 g/mol. The third-order valence-corrected chi connectivity index (χ3v) is 6.25. The normalized spacial score (nSPS) is 19.3. The highest BCUT2D eigenvalue weighted by molar-refractivity contribution is 7.20. The van der Waals surface area contributed by atoms with Crippen LogP contribution in [0.2, 0.25) is 0 Å². The molecule has 7 nitrogen and oxygen atoms in total. The Bertz CT molecular complexity index is 1070. The van der Waals surface area contributed by atoms with Gasteiger partial charge in [0.05, 0.1) is 17.2 Å². The van der Waals surface area contributed by atoms with Crippen molar-refractivity contribution in [1.82, 2.24) is 9.97 Å². The molecule has 0 aliphatic heterocycles. The molecule has 1 aromatic carbocycles. The van der Waals surface area contributed by atoms with Crippen LogP contribution in [0.5, 0.6) is 5.75 Å². The molecule has 0 radical (unpaired) electrons. The van der Waals surface area contributed by atoms with Crippen LogP contribution in [-0.4, -0.2) is 38.4 Å². The molecule has 29 heavy (non-hydrogen) atoms. The lowest BCUT2D eigenvalue weighted by Crippen LogP contribution is -2.34. The van der Waals surface area contributed by atoms with E-state index in [9.17, 15) is 19.4 Å². The summed E-state index contributed by atoms with van der Waals surface area (Å²) in [6.45, 7) is 1.71. The Kier molecular flexibility index (Phi) is 5.33. The summed E-state index contributed by atoms with van der Waals surface area (Å²) in [5.74, 6) is -0.789. The van der Waals surface area contributed by atoms with Crippen LogP contribution in [0.1, 0.15) is 40.9 Å². The number of hydrogen-bond donors (Lipinski definition) is 3. The first-order valence-electron chi connectivity index (χ1n) is 9.32. The minimum absolute atomic E-state index is 0.199. The highest BCUT2D eigenvalue weighted by Crippen LogP contribution is 2.37. The molecule has 4 rings (SSSR count). The lowest BCUT2D eigenvalue weighted by Gasteiger charge is -2.29. The van der Waals surface area contributed by atoms with Crippen LogP contribution in [0.3, 0.4) is 0 Å². The van der Waals surface area contributed by atoms with Gasteiger partial charge in [-0.15, -0.1) is 11.3 Å². The fourth-order valence-corrected chi connectivity index (χ4v) is 4.56. The summed E-state index contributed by atoms with van der Waals surface area (Å²) in [5.41, 5.74) is 1.04. The van der Waals surface area contributed by atoms with Gasteiger partial charge in [0, 0.05) is 6.07 Å². The summed E-state index contributed by atoms with van der Waals surface area (Å²) in [6, 6.07) is 4.10. The van der Waals surface area contributed by atoms with Crippen LogP contribution in [0.25, 0.3) is 10.2 Å². The molecule has 2 heterocycles. The van der Waals surface area contributed by atoms with E-state index in [-0.39, 0.29) is 10.6 Å². The number of halogens is 1. The van der Waals surface area contributed by atoms with Crippen molar-refractivity contribution in [1.29, 1.82) is 0 Å². The number of carboxylic acid groups (broad SMARTS) is 1. The summed E-state index contributed by atoms with van der Waals surface area (Å²) < 4.78 is 19.8. The van der Waals surface area contributed by atoms with Crippen molar-refractivity contribution in [2.75, 3.05) is 5.32 Å². The number of aliphatic hydroxyl groups is 1. The van der Waals surface area contributed by atoms with E-state index in [1.807, 2.05) is 0 Å². The summed E-state index contributed by atoms with van der Waals surface area (Å²) in [6.07, 6.45) is 3.58. The number of ether oxygens (including phenoxy) is 1. The molecule has 3 N–H and O–H groups in total. The molecule has 152 valence electrons. The van der Waals surface area contributed by atoms with E-state index in [0.29, 0.717) is 40.1 Å². The first-order valence-corrected chi connectivity index (χ1v) is 10.1. The molecule has 0 saturated heterocycles. The number of nitrogens with zero attached hydrogens (tertiary/aromatic N) is 2. The van der Waals surface area contributed by atoms with Gasteiger partial charge in [-0.1, -0.05) is 6.42 Å². The van der Waals surface area contributed by atoms with Crippen LogP contribution in [0, 0.1) is 12.7 Å². The van der Waals surface area contributed by atoms with E-state index < -0.39 is 24.0 Å². The number of rotatable bonds is 5. The number of nitrogens with one attached hydrogen (secondary N) is 1. The average Bonchev–Trinajstić information content (AvgIpc) is 3.04. The Labute approximate surface area is 170 Å². The second-order valence-corrected chi connectivity index (χ2v) is 8.04. The van der Waals surface area contributed by atoms with Crippen molar-refractivity contribution in [3.8, 4) is 5.75 Å². The third kappa shape index (κ3) is 3.88. The first-order chi connectivity index (χ1) is 13.9. The third-order valence-electron chi connectivity index (χ3n) is 5.06. The molecule has 1 unspecified atom stereocenters. The molecular formula is C20H20FN3O4S. The minimum Gasteiger partial charge on any atom is -0.485 e. The van der Waals surface area contributed by atoms with Crippen molar-refractivity contribution in [3.05, 3.63) is 40.8 Å². The van der Waals surface area contributed by atoms with Crippen LogP contribution >= 0.6 is 11.3 Å². The number of thiophene rings is 1. The summed E-state index contributed by atoms with van der Waals surface area (Å²) in [4.78, 5) is 20.6. The Balaban J connectivity index is 1.70. The number of carboxylic acids is 1. The molecular weight excluding hydrogens is 397 g/mol. The van der Waals surface area contributed by atoms with Gasteiger partial charge in [0.15, 0.2) is 0 Å². The van der Waals surface area contributed by atoms with Gasteiger partial charge in [-0.3, -0.25) is 0 Å². The predicted octanol–water partition coefficient (Wildman–Crippen LogP) is 4.26. The van der Waals surface area contributed by atoms with Gasteiger partial charge in [-0.2, -0.15) is 0 Å². The van der Waals surface area contributed by atoms with Crippen molar-refractivity contribution in [3.63, 3.8) is 0 Å². The molecule has 1 aliphatic carbocycles. The zero-order valence-corrected chi connectivity index (χ0v) is 16.5. The fraction of sp³-hybridized carbons (Fsp3) is 0.350. The van der Waals surface area contributed by atoms with Gasteiger partial charge in [0.2, 0.25) is 0 Å². The second kappa shape index (κ2) is 7.92. The number of fused-ring (bicyclic) bond motifs is 1. The lowest BCUT2D eigenvalue weighted by atomic mass is 9.95. The van der Waals surface area contributed by atoms with E-state index in [1.54, 1.807) is 6.92 Å². The van der Waals surface area contributed by atoms with Crippen molar-refractivity contribution in [2.24, 2.45) is 0 Å². The molecule has 0 spiro atoms. The lowest BCUT2D eigenvalue weighted by molar-refractivity contribution is 0.00712. The van der Waals surface area contributed by atoms with Gasteiger partial charge < -0.3 is 20.3 Å². The molecule has 1 aliphatic rings. The summed E-state index contributed by atoms with van der Waals surface area (Å²) in [5, 5.41) is 23.3. The van der Waals surface area contributed by atoms with Gasteiger partial charge >= 0.3 is 5.97 Å². The number of hydrogen-bond acceptors (Lipinski definition) is 7. The summed E-state index contributed by atoms with van der Waals surface area (Å²) >= 11 is 1.08. The first kappa shape index (κ1) is 19.5. The zero-order valence-electron chi connectivity index (χ0n) is 15.7. The number of aromatic carboxylic acids is 1. The standard InChI is InChI=1S/C20H20FN3O4S/c1-10-16-18(22-9-23-19(16)29-17(10)20(26)27)24-12-7-6-11(21)8-15(12)28-14-5-3-2-4-13(14)25/h6-9,13-14,25H,2-5H2,1H3,(H,26,27)(H,22,23,24)/t13-,14?/m0/s1. The van der Waals surface area contributed by atoms with E-state index in [0.717, 1.165) is 24.2 Å². The Morgan fingerprint density at radius 2 is 2.10 bits per heavy atom. The number of aromatic nitrogens is 2. The van der Waals surface area contributed by atoms with E-state index in [1.165, 1.54) is 24.5 Å². The zero-order chi connectivity index (χ0) is 20.5. The Morgan fingerprint density at radius 1 is 1.31 bits per heavy atom. The van der Waals surface area contributed by atoms with Crippen molar-refractivity contribution >= 4 is 39.0 Å². The van der Waals surface area contributed by atoms with Gasteiger partial charge in [-0.25, -0.2) is 19.2 Å². The average molecular weight is 417 g/mol. The van der Waals surface area contributed by atoms with Crippen molar-refractivity contribution in [2.45, 2.75) is 44.8 Å². The SMILES string of the molecule is Cc1c(C(=O)O)sc2ncnc(Nc3ccc(F)cc3OC3CCCC[C@@H]3O)c12. The molecule has 1 saturated carbocycles. The van der Waals surface area contributed by atoms with Gasteiger partial charge in [0.25, 0.3) is 0 Å². The highest BCUT2D eigenvalue weighted by Gasteiger charge is 2.26. The quantitative estimate of drug-likeness (QED) is 0.570. The number of aliphatic hydroxyl groups excluding tert-OH is 1. The molecule has 0 bridgehead atoms. The van der Waals surface area contributed by atoms with Gasteiger partial charge in [-0.05, 0) is 43.9 Å². The summed E-state index contributed by atoms with van der Waals surface area (Å²) in [7, 11) is 0. The molecule has 2 atom stereocenters. The fourth-order valence-electron chi connectivity index (χ4n) is 3.57. The van der Waals surface area contributed by atoms with Crippen LogP contribution in [-0.2, 0) is 0 Å². The Hall–Kier alpha value is -2.78. The second-order valence-electron chi connectivity index (χ2n) is 7.04. The largest absolute Gasteiger partial charge is 0.485 e. The minimum atomic E-state index is -1.02. The molecule has 3 aromatic rings. The van der Waals surface area contributed by atoms with E-state index in [4.69, 9.17) is 4.74 Å². The van der Waals surface area contributed by atoms with E-state index >= 15 is 0 Å². The van der Waals surface area contributed by atoms with Crippen molar-refractivity contribution < 1.29 is 24.1 Å². The number of benzene rings is 1. The maximum atomic E-state index is 13.9. The van der Waals surface area contributed by atoms with Gasteiger partial charge in [0.1, 0.15) is 39.5 Å². The molecule has 9 heteroatoms. The number of anilines is 2. The smallest absolute Gasteiger partial charge is 0.346 e. The van der Waals surface area contributed by atoms with Crippen LogP contribution < -0.4 is 10.1 Å². The maximum Gasteiger partial charge on any atom is 0.346 e. The number of aryl methyl sites for hydroxylation is 1. The molecule has 1 fully saturated rings. The van der Waals surface area contributed by atoms with Crippen LogP contribution in [0.4, 0.5) is 15.9 Å². The molecule has 0 amide bonds. The predicted molar refractivity (Wildman–Crippen MR) is 108 cm³/mol. The number of carbonyl (C=O) groups is 1. The Morgan fingerprint density at radius 3 is 2.86 bits per heavy atom. The topological polar surface area (TPSA) is 105 Å². The maximum absolute atomic E-state index is 13.9. The highest BCUT2D eigenvalue weighted by atomic mass is 32.1.